The number of nitrogens with one attached hydrogen (secondary N) is 2. The van der Waals surface area contributed by atoms with Crippen molar-refractivity contribution in [1.82, 2.24) is 15.5 Å². The molecule has 0 radical (unpaired) electrons. The van der Waals surface area contributed by atoms with Crippen LogP contribution in [0.25, 0.3) is 10.6 Å². The number of carbonyl (C=O) groups is 1. The number of rotatable bonds is 5. The van der Waals surface area contributed by atoms with E-state index in [9.17, 15) is 4.79 Å². The summed E-state index contributed by atoms with van der Waals surface area (Å²) < 4.78 is 0. The van der Waals surface area contributed by atoms with Gasteiger partial charge in [0, 0.05) is 18.8 Å². The predicted octanol–water partition coefficient (Wildman–Crippen LogP) is 4.69. The number of thiophene rings is 1. The van der Waals surface area contributed by atoms with Gasteiger partial charge in [0.25, 0.3) is 5.91 Å². The summed E-state index contributed by atoms with van der Waals surface area (Å²) in [7, 11) is 0. The van der Waals surface area contributed by atoms with Crippen LogP contribution in [-0.4, -0.2) is 29.2 Å². The monoisotopic (exact) mass is 382 g/mol. The third-order valence-corrected chi connectivity index (χ3v) is 5.33. The summed E-state index contributed by atoms with van der Waals surface area (Å²) in [5.74, 6) is -0.0465. The second kappa shape index (κ2) is 9.37. The highest BCUT2D eigenvalue weighted by atomic mass is 32.1. The predicted molar refractivity (Wildman–Crippen MR) is 112 cm³/mol. The van der Waals surface area contributed by atoms with Crippen LogP contribution in [-0.2, 0) is 6.54 Å². The SMILES string of the molecule is CC.O=C(NCc1cc(-c2cccs2)n[nH]1)c1ccccc1N1CCCC1. The summed E-state index contributed by atoms with van der Waals surface area (Å²) in [6.45, 7) is 6.48. The summed E-state index contributed by atoms with van der Waals surface area (Å²) in [6, 6.07) is 13.9. The maximum atomic E-state index is 12.7. The van der Waals surface area contributed by atoms with Crippen molar-refractivity contribution in [3.8, 4) is 10.6 Å². The molecule has 6 heteroatoms. The standard InChI is InChI=1S/C19H20N4OS.C2H6/c24-19(15-6-1-2-7-17(15)23-9-3-4-10-23)20-13-14-12-16(22-21-14)18-8-5-11-25-18;1-2/h1-2,5-8,11-12H,3-4,9-10,13H2,(H,20,24)(H,21,22);1-2H3. The minimum atomic E-state index is -0.0465. The summed E-state index contributed by atoms with van der Waals surface area (Å²) >= 11 is 1.65. The van der Waals surface area contributed by atoms with E-state index in [0.29, 0.717) is 6.54 Å². The number of benzene rings is 1. The Hall–Kier alpha value is -2.60. The first-order chi connectivity index (χ1) is 13.3. The van der Waals surface area contributed by atoms with Gasteiger partial charge in [-0.1, -0.05) is 32.0 Å². The molecule has 1 aliphatic rings. The molecule has 4 rings (SSSR count). The van der Waals surface area contributed by atoms with Gasteiger partial charge in [0.05, 0.1) is 22.7 Å². The number of aromatic nitrogens is 2. The first kappa shape index (κ1) is 19.2. The van der Waals surface area contributed by atoms with Gasteiger partial charge in [0.15, 0.2) is 0 Å². The first-order valence-electron chi connectivity index (χ1n) is 9.51. The number of nitrogens with zero attached hydrogens (tertiary/aromatic N) is 2. The van der Waals surface area contributed by atoms with Crippen LogP contribution in [0, 0.1) is 0 Å². The van der Waals surface area contributed by atoms with Crippen LogP contribution < -0.4 is 10.2 Å². The molecule has 3 aromatic rings. The fourth-order valence-corrected chi connectivity index (χ4v) is 3.86. The molecule has 1 saturated heterocycles. The molecule has 5 nitrogen and oxygen atoms in total. The molecule has 2 aromatic heterocycles. The van der Waals surface area contributed by atoms with Crippen LogP contribution in [0.5, 0.6) is 0 Å². The lowest BCUT2D eigenvalue weighted by Gasteiger charge is -2.20. The Morgan fingerprint density at radius 3 is 2.70 bits per heavy atom. The van der Waals surface area contributed by atoms with Crippen LogP contribution >= 0.6 is 11.3 Å². The van der Waals surface area contributed by atoms with E-state index in [0.717, 1.165) is 40.6 Å². The number of aromatic amines is 1. The molecule has 1 fully saturated rings. The highest BCUT2D eigenvalue weighted by Gasteiger charge is 2.19. The third-order valence-electron chi connectivity index (χ3n) is 4.44. The van der Waals surface area contributed by atoms with Gasteiger partial charge in [-0.25, -0.2) is 0 Å². The van der Waals surface area contributed by atoms with Gasteiger partial charge in [0.2, 0.25) is 0 Å². The zero-order valence-electron chi connectivity index (χ0n) is 15.9. The van der Waals surface area contributed by atoms with Crippen molar-refractivity contribution in [2.45, 2.75) is 33.2 Å². The second-order valence-corrected chi connectivity index (χ2v) is 7.10. The Bertz CT molecular complexity index is 851. The quantitative estimate of drug-likeness (QED) is 0.673. The number of anilines is 1. The zero-order chi connectivity index (χ0) is 19.1. The first-order valence-corrected chi connectivity index (χ1v) is 10.4. The van der Waals surface area contributed by atoms with Crippen molar-refractivity contribution in [2.24, 2.45) is 0 Å². The summed E-state index contributed by atoms with van der Waals surface area (Å²) in [5.41, 5.74) is 3.58. The van der Waals surface area contributed by atoms with E-state index in [1.807, 2.05) is 61.7 Å². The molecule has 1 amide bonds. The van der Waals surface area contributed by atoms with Crippen molar-refractivity contribution in [3.63, 3.8) is 0 Å². The molecule has 2 N–H and O–H groups in total. The second-order valence-electron chi connectivity index (χ2n) is 6.15. The van der Waals surface area contributed by atoms with E-state index < -0.39 is 0 Å². The minimum Gasteiger partial charge on any atom is -0.371 e. The molecule has 142 valence electrons. The van der Waals surface area contributed by atoms with Crippen LogP contribution in [0.3, 0.4) is 0 Å². The minimum absolute atomic E-state index is 0.0465. The Kier molecular flexibility index (Phi) is 6.65. The molecule has 0 spiro atoms. The Labute approximate surface area is 164 Å². The largest absolute Gasteiger partial charge is 0.371 e. The maximum absolute atomic E-state index is 12.7. The average Bonchev–Trinajstić information content (AvgIpc) is 3.50. The Morgan fingerprint density at radius 2 is 1.96 bits per heavy atom. The van der Waals surface area contributed by atoms with E-state index in [-0.39, 0.29) is 5.91 Å². The van der Waals surface area contributed by atoms with E-state index in [1.54, 1.807) is 11.3 Å². The maximum Gasteiger partial charge on any atom is 0.253 e. The number of carbonyl (C=O) groups excluding carboxylic acids is 1. The van der Waals surface area contributed by atoms with Crippen LogP contribution in [0.15, 0.2) is 47.8 Å². The topological polar surface area (TPSA) is 61.0 Å². The van der Waals surface area contributed by atoms with Crippen LogP contribution in [0.1, 0.15) is 42.7 Å². The molecular formula is C21H26N4OS. The van der Waals surface area contributed by atoms with Crippen molar-refractivity contribution in [3.05, 3.63) is 59.1 Å². The van der Waals surface area contributed by atoms with Gasteiger partial charge in [-0.3, -0.25) is 9.89 Å². The van der Waals surface area contributed by atoms with Crippen LogP contribution in [0.2, 0.25) is 0 Å². The summed E-state index contributed by atoms with van der Waals surface area (Å²) in [4.78, 5) is 16.1. The fraction of sp³-hybridized carbons (Fsp3) is 0.333. The highest BCUT2D eigenvalue weighted by molar-refractivity contribution is 7.13. The zero-order valence-corrected chi connectivity index (χ0v) is 16.7. The van der Waals surface area contributed by atoms with Gasteiger partial charge in [-0.2, -0.15) is 5.10 Å². The molecule has 0 atom stereocenters. The smallest absolute Gasteiger partial charge is 0.253 e. The average molecular weight is 383 g/mol. The molecule has 0 saturated carbocycles. The van der Waals surface area contributed by atoms with E-state index in [4.69, 9.17) is 0 Å². The normalized spacial score (nSPS) is 13.2. The van der Waals surface area contributed by atoms with E-state index in [1.165, 1.54) is 12.8 Å². The number of H-pyrrole nitrogens is 1. The number of amides is 1. The van der Waals surface area contributed by atoms with Gasteiger partial charge in [0.1, 0.15) is 5.69 Å². The van der Waals surface area contributed by atoms with Gasteiger partial charge < -0.3 is 10.2 Å². The van der Waals surface area contributed by atoms with Crippen molar-refractivity contribution < 1.29 is 4.79 Å². The van der Waals surface area contributed by atoms with E-state index >= 15 is 0 Å². The highest BCUT2D eigenvalue weighted by Crippen LogP contribution is 2.25. The molecule has 1 aliphatic heterocycles. The molecule has 0 aliphatic carbocycles. The molecule has 0 bridgehead atoms. The lowest BCUT2D eigenvalue weighted by atomic mass is 10.1. The lowest BCUT2D eigenvalue weighted by Crippen LogP contribution is -2.27. The van der Waals surface area contributed by atoms with Crippen molar-refractivity contribution in [2.75, 3.05) is 18.0 Å². The lowest BCUT2D eigenvalue weighted by molar-refractivity contribution is 0.0951. The van der Waals surface area contributed by atoms with Gasteiger partial charge in [-0.15, -0.1) is 11.3 Å². The van der Waals surface area contributed by atoms with Crippen LogP contribution in [0.4, 0.5) is 5.69 Å². The number of para-hydroxylation sites is 1. The van der Waals surface area contributed by atoms with Gasteiger partial charge >= 0.3 is 0 Å². The molecule has 0 unspecified atom stereocenters. The molecule has 1 aromatic carbocycles. The van der Waals surface area contributed by atoms with E-state index in [2.05, 4.69) is 20.4 Å². The molecule has 3 heterocycles. The third kappa shape index (κ3) is 4.57. The Balaban J connectivity index is 0.00000102. The summed E-state index contributed by atoms with van der Waals surface area (Å²) in [5, 5.41) is 12.4. The number of hydrogen-bond donors (Lipinski definition) is 2. The summed E-state index contributed by atoms with van der Waals surface area (Å²) in [6.07, 6.45) is 2.38. The molecule has 27 heavy (non-hydrogen) atoms. The Morgan fingerprint density at radius 1 is 1.19 bits per heavy atom. The van der Waals surface area contributed by atoms with Gasteiger partial charge in [-0.05, 0) is 42.5 Å². The molecular weight excluding hydrogens is 356 g/mol. The number of hydrogen-bond acceptors (Lipinski definition) is 4. The van der Waals surface area contributed by atoms with Crippen molar-refractivity contribution in [1.29, 1.82) is 0 Å². The van der Waals surface area contributed by atoms with Crippen molar-refractivity contribution >= 4 is 22.9 Å². The fourth-order valence-electron chi connectivity index (χ4n) is 3.17.